The van der Waals surface area contributed by atoms with Crippen molar-refractivity contribution in [1.82, 2.24) is 4.31 Å². The first-order valence-corrected chi connectivity index (χ1v) is 8.30. The van der Waals surface area contributed by atoms with Crippen LogP contribution in [-0.2, 0) is 15.8 Å². The Kier molecular flexibility index (Phi) is 4.16. The summed E-state index contributed by atoms with van der Waals surface area (Å²) in [5.41, 5.74) is 7.05. The molecule has 0 aliphatic carbocycles. The van der Waals surface area contributed by atoms with Crippen molar-refractivity contribution in [2.24, 2.45) is 11.8 Å². The van der Waals surface area contributed by atoms with Gasteiger partial charge in [0.1, 0.15) is 0 Å². The third kappa shape index (κ3) is 3.70. The Hall–Kier alpha value is -1.07. The molecule has 1 heterocycles. The van der Waals surface area contributed by atoms with E-state index < -0.39 is 10.0 Å². The lowest BCUT2D eigenvalue weighted by Gasteiger charge is -2.34. The molecule has 0 amide bonds. The van der Waals surface area contributed by atoms with E-state index in [0.29, 0.717) is 30.6 Å². The van der Waals surface area contributed by atoms with E-state index in [1.165, 1.54) is 0 Å². The summed E-state index contributed by atoms with van der Waals surface area (Å²) < 4.78 is 26.5. The van der Waals surface area contributed by atoms with Gasteiger partial charge in [-0.15, -0.1) is 0 Å². The van der Waals surface area contributed by atoms with E-state index in [2.05, 4.69) is 13.8 Å². The molecule has 1 fully saturated rings. The number of rotatable bonds is 3. The normalized spacial score (nSPS) is 25.4. The first-order valence-electron chi connectivity index (χ1n) is 6.69. The zero-order valence-electron chi connectivity index (χ0n) is 11.5. The number of hydrogen-bond acceptors (Lipinski definition) is 3. The quantitative estimate of drug-likeness (QED) is 0.863. The zero-order chi connectivity index (χ0) is 14.0. The van der Waals surface area contributed by atoms with Crippen molar-refractivity contribution in [3.63, 3.8) is 0 Å². The summed E-state index contributed by atoms with van der Waals surface area (Å²) in [5.74, 6) is 0.899. The summed E-state index contributed by atoms with van der Waals surface area (Å²) >= 11 is 0. The Morgan fingerprint density at radius 3 is 2.47 bits per heavy atom. The fourth-order valence-corrected chi connectivity index (χ4v) is 4.56. The fraction of sp³-hybridized carbons (Fsp3) is 0.571. The van der Waals surface area contributed by atoms with Gasteiger partial charge in [0.2, 0.25) is 10.0 Å². The van der Waals surface area contributed by atoms with Crippen molar-refractivity contribution in [3.8, 4) is 0 Å². The molecular weight excluding hydrogens is 260 g/mol. The van der Waals surface area contributed by atoms with Crippen LogP contribution in [0.1, 0.15) is 25.8 Å². The van der Waals surface area contributed by atoms with Gasteiger partial charge in [-0.25, -0.2) is 12.7 Å². The minimum Gasteiger partial charge on any atom is -0.399 e. The number of benzene rings is 1. The van der Waals surface area contributed by atoms with Crippen molar-refractivity contribution in [3.05, 3.63) is 29.8 Å². The third-order valence-corrected chi connectivity index (χ3v) is 5.31. The van der Waals surface area contributed by atoms with E-state index in [0.717, 1.165) is 12.0 Å². The SMILES string of the molecule is CC1CC(C)CN(S(=O)(=O)Cc2cccc(N)c2)C1. The van der Waals surface area contributed by atoms with E-state index >= 15 is 0 Å². The van der Waals surface area contributed by atoms with Gasteiger partial charge in [-0.1, -0.05) is 26.0 Å². The molecule has 0 bridgehead atoms. The molecule has 1 aliphatic heterocycles. The fourth-order valence-electron chi connectivity index (χ4n) is 2.82. The summed E-state index contributed by atoms with van der Waals surface area (Å²) in [6.07, 6.45) is 1.10. The summed E-state index contributed by atoms with van der Waals surface area (Å²) in [6.45, 7) is 5.49. The zero-order valence-corrected chi connectivity index (χ0v) is 12.4. The third-order valence-electron chi connectivity index (χ3n) is 3.53. The lowest BCUT2D eigenvalue weighted by molar-refractivity contribution is 0.222. The predicted molar refractivity (Wildman–Crippen MR) is 78.0 cm³/mol. The lowest BCUT2D eigenvalue weighted by atomic mass is 9.94. The molecule has 1 saturated heterocycles. The van der Waals surface area contributed by atoms with Gasteiger partial charge >= 0.3 is 0 Å². The molecule has 106 valence electrons. The van der Waals surface area contributed by atoms with Crippen molar-refractivity contribution >= 4 is 15.7 Å². The van der Waals surface area contributed by atoms with Gasteiger partial charge in [0.15, 0.2) is 0 Å². The van der Waals surface area contributed by atoms with Gasteiger partial charge in [0, 0.05) is 18.8 Å². The van der Waals surface area contributed by atoms with Crippen LogP contribution in [0, 0.1) is 11.8 Å². The van der Waals surface area contributed by atoms with E-state index in [9.17, 15) is 8.42 Å². The number of nitrogens with zero attached hydrogens (tertiary/aromatic N) is 1. The summed E-state index contributed by atoms with van der Waals surface area (Å²) in [6, 6.07) is 7.10. The summed E-state index contributed by atoms with van der Waals surface area (Å²) in [7, 11) is -3.24. The maximum Gasteiger partial charge on any atom is 0.218 e. The van der Waals surface area contributed by atoms with Crippen LogP contribution in [0.15, 0.2) is 24.3 Å². The van der Waals surface area contributed by atoms with Crippen molar-refractivity contribution in [2.75, 3.05) is 18.8 Å². The highest BCUT2D eigenvalue weighted by Gasteiger charge is 2.30. The molecule has 2 unspecified atom stereocenters. The Labute approximate surface area is 115 Å². The second-order valence-corrected chi connectivity index (χ2v) is 7.73. The second-order valence-electron chi connectivity index (χ2n) is 5.76. The highest BCUT2D eigenvalue weighted by molar-refractivity contribution is 7.88. The number of anilines is 1. The van der Waals surface area contributed by atoms with Crippen LogP contribution < -0.4 is 5.73 Å². The van der Waals surface area contributed by atoms with Crippen LogP contribution in [0.25, 0.3) is 0 Å². The highest BCUT2D eigenvalue weighted by Crippen LogP contribution is 2.25. The molecule has 2 atom stereocenters. The monoisotopic (exact) mass is 282 g/mol. The smallest absolute Gasteiger partial charge is 0.218 e. The van der Waals surface area contributed by atoms with E-state index in [-0.39, 0.29) is 5.75 Å². The number of nitrogens with two attached hydrogens (primary N) is 1. The molecule has 0 radical (unpaired) electrons. The number of piperidine rings is 1. The van der Waals surface area contributed by atoms with Gasteiger partial charge in [-0.2, -0.15) is 0 Å². The Balaban J connectivity index is 2.14. The molecule has 1 aromatic carbocycles. The van der Waals surface area contributed by atoms with Gasteiger partial charge in [-0.05, 0) is 36.0 Å². The molecule has 1 aromatic rings. The lowest BCUT2D eigenvalue weighted by Crippen LogP contribution is -2.43. The van der Waals surface area contributed by atoms with E-state index in [1.54, 1.807) is 22.5 Å². The standard InChI is InChI=1S/C14H22N2O2S/c1-11-6-12(2)9-16(8-11)19(17,18)10-13-4-3-5-14(15)7-13/h3-5,7,11-12H,6,8-10,15H2,1-2H3. The van der Waals surface area contributed by atoms with Gasteiger partial charge in [-0.3, -0.25) is 0 Å². The highest BCUT2D eigenvalue weighted by atomic mass is 32.2. The molecule has 5 heteroatoms. The number of sulfonamides is 1. The minimum absolute atomic E-state index is 0.0392. The first-order chi connectivity index (χ1) is 8.87. The van der Waals surface area contributed by atoms with Crippen LogP contribution in [0.3, 0.4) is 0 Å². The number of hydrogen-bond donors (Lipinski definition) is 1. The molecule has 0 spiro atoms. The second kappa shape index (κ2) is 5.51. The van der Waals surface area contributed by atoms with Crippen LogP contribution in [-0.4, -0.2) is 25.8 Å². The van der Waals surface area contributed by atoms with E-state index in [4.69, 9.17) is 5.73 Å². The predicted octanol–water partition coefficient (Wildman–Crippen LogP) is 2.08. The molecule has 19 heavy (non-hydrogen) atoms. The van der Waals surface area contributed by atoms with Crippen LogP contribution >= 0.6 is 0 Å². The molecule has 0 aromatic heterocycles. The largest absolute Gasteiger partial charge is 0.399 e. The average molecular weight is 282 g/mol. The Morgan fingerprint density at radius 1 is 1.26 bits per heavy atom. The molecular formula is C14H22N2O2S. The maximum atomic E-state index is 12.4. The number of nitrogen functional groups attached to an aromatic ring is 1. The van der Waals surface area contributed by atoms with Crippen molar-refractivity contribution in [2.45, 2.75) is 26.0 Å². The van der Waals surface area contributed by atoms with Gasteiger partial charge in [0.25, 0.3) is 0 Å². The van der Waals surface area contributed by atoms with Gasteiger partial charge < -0.3 is 5.73 Å². The summed E-state index contributed by atoms with van der Waals surface area (Å²) in [5, 5.41) is 0. The van der Waals surface area contributed by atoms with Crippen molar-refractivity contribution in [1.29, 1.82) is 0 Å². The minimum atomic E-state index is -3.24. The van der Waals surface area contributed by atoms with Crippen LogP contribution in [0.2, 0.25) is 0 Å². The first kappa shape index (κ1) is 14.3. The van der Waals surface area contributed by atoms with Crippen molar-refractivity contribution < 1.29 is 8.42 Å². The molecule has 2 rings (SSSR count). The molecule has 4 nitrogen and oxygen atoms in total. The summed E-state index contributed by atoms with van der Waals surface area (Å²) in [4.78, 5) is 0. The van der Waals surface area contributed by atoms with Crippen LogP contribution in [0.4, 0.5) is 5.69 Å². The molecule has 2 N–H and O–H groups in total. The Bertz CT molecular complexity index is 532. The Morgan fingerprint density at radius 2 is 1.89 bits per heavy atom. The average Bonchev–Trinajstić information content (AvgIpc) is 2.26. The maximum absolute atomic E-state index is 12.4. The topological polar surface area (TPSA) is 63.4 Å². The van der Waals surface area contributed by atoms with E-state index in [1.807, 2.05) is 6.07 Å². The molecule has 0 saturated carbocycles. The molecule has 1 aliphatic rings. The van der Waals surface area contributed by atoms with Crippen LogP contribution in [0.5, 0.6) is 0 Å². The van der Waals surface area contributed by atoms with Gasteiger partial charge in [0.05, 0.1) is 5.75 Å².